The first-order chi connectivity index (χ1) is 11.3. The largest absolute Gasteiger partial charge is 0.461 e. The molecule has 0 radical (unpaired) electrons. The van der Waals surface area contributed by atoms with Gasteiger partial charge in [0.2, 0.25) is 17.6 Å². The van der Waals surface area contributed by atoms with Crippen molar-refractivity contribution >= 4 is 5.91 Å². The molecule has 0 aliphatic carbocycles. The molecule has 0 saturated carbocycles. The number of carbonyl (C=O) groups excluding carboxylic acids is 1. The first-order valence-electron chi connectivity index (χ1n) is 8.18. The molecular weight excluding hydrogens is 296 g/mol. The van der Waals surface area contributed by atoms with Gasteiger partial charge >= 0.3 is 0 Å². The van der Waals surface area contributed by atoms with E-state index in [0.29, 0.717) is 48.4 Å². The number of carbonyl (C=O) groups is 1. The zero-order valence-electron chi connectivity index (χ0n) is 12.8. The monoisotopic (exact) mass is 316 g/mol. The van der Waals surface area contributed by atoms with E-state index in [9.17, 15) is 4.79 Å². The summed E-state index contributed by atoms with van der Waals surface area (Å²) < 4.78 is 10.4. The summed E-state index contributed by atoms with van der Waals surface area (Å²) in [6.45, 7) is 0. The van der Waals surface area contributed by atoms with Gasteiger partial charge in [0, 0.05) is 31.0 Å². The van der Waals surface area contributed by atoms with Crippen LogP contribution in [-0.2, 0) is 11.2 Å². The fourth-order valence-corrected chi connectivity index (χ4v) is 3.56. The van der Waals surface area contributed by atoms with Gasteiger partial charge in [0.1, 0.15) is 0 Å². The Bertz CT molecular complexity index is 655. The lowest BCUT2D eigenvalue weighted by Gasteiger charge is -2.29. The van der Waals surface area contributed by atoms with Crippen LogP contribution in [0.2, 0.25) is 0 Å². The van der Waals surface area contributed by atoms with E-state index in [1.54, 1.807) is 18.4 Å². The van der Waals surface area contributed by atoms with Gasteiger partial charge < -0.3 is 19.6 Å². The smallest absolute Gasteiger partial charge is 0.238 e. The first kappa shape index (κ1) is 14.4. The minimum absolute atomic E-state index is 0.0500. The number of furan rings is 1. The van der Waals surface area contributed by atoms with E-state index in [-0.39, 0.29) is 5.91 Å². The maximum Gasteiger partial charge on any atom is 0.238 e. The molecular formula is C16H20N4O3. The highest BCUT2D eigenvalue weighted by Crippen LogP contribution is 2.26. The molecule has 1 amide bonds. The van der Waals surface area contributed by atoms with Gasteiger partial charge in [-0.05, 0) is 37.8 Å². The number of aromatic nitrogens is 2. The quantitative estimate of drug-likeness (QED) is 0.871. The Balaban J connectivity index is 1.27. The molecule has 2 aliphatic rings. The number of nitrogens with one attached hydrogen (secondary N) is 2. The van der Waals surface area contributed by atoms with Crippen LogP contribution in [0.4, 0.5) is 0 Å². The molecule has 2 saturated heterocycles. The summed E-state index contributed by atoms with van der Waals surface area (Å²) in [7, 11) is 0. The van der Waals surface area contributed by atoms with Crippen molar-refractivity contribution in [1.82, 2.24) is 20.8 Å². The van der Waals surface area contributed by atoms with Crippen molar-refractivity contribution in [2.45, 2.75) is 56.7 Å². The van der Waals surface area contributed by atoms with Crippen molar-refractivity contribution in [3.8, 4) is 11.6 Å². The van der Waals surface area contributed by atoms with Crippen LogP contribution >= 0.6 is 0 Å². The molecule has 2 aromatic heterocycles. The average molecular weight is 316 g/mol. The van der Waals surface area contributed by atoms with E-state index in [2.05, 4.69) is 20.8 Å². The number of fused-ring (bicyclic) bond motifs is 2. The summed E-state index contributed by atoms with van der Waals surface area (Å²) >= 11 is 0. The first-order valence-corrected chi connectivity index (χ1v) is 8.18. The van der Waals surface area contributed by atoms with Crippen LogP contribution < -0.4 is 10.6 Å². The third kappa shape index (κ3) is 3.29. The summed E-state index contributed by atoms with van der Waals surface area (Å²) in [5.41, 5.74) is 0. The number of aryl methyl sites for hydroxylation is 1. The molecule has 2 fully saturated rings. The van der Waals surface area contributed by atoms with Crippen LogP contribution in [0.3, 0.4) is 0 Å². The molecule has 2 aromatic rings. The lowest BCUT2D eigenvalue weighted by molar-refractivity contribution is -0.122. The summed E-state index contributed by atoms with van der Waals surface area (Å²) in [6.07, 6.45) is 6.89. The lowest BCUT2D eigenvalue weighted by atomic mass is 9.99. The molecule has 4 rings (SSSR count). The van der Waals surface area contributed by atoms with E-state index in [4.69, 9.17) is 8.94 Å². The molecule has 0 aromatic carbocycles. The SMILES string of the molecule is O=C(CCc1nc(-c2ccco2)no1)NC1CC2CCC(C1)N2. The second-order valence-corrected chi connectivity index (χ2v) is 6.36. The molecule has 4 heterocycles. The molecule has 7 nitrogen and oxygen atoms in total. The molecule has 2 bridgehead atoms. The molecule has 2 aliphatic heterocycles. The Hall–Kier alpha value is -2.15. The number of hydrogen-bond donors (Lipinski definition) is 2. The number of hydrogen-bond acceptors (Lipinski definition) is 6. The third-order valence-electron chi connectivity index (χ3n) is 4.61. The second-order valence-electron chi connectivity index (χ2n) is 6.36. The van der Waals surface area contributed by atoms with E-state index in [0.717, 1.165) is 12.8 Å². The van der Waals surface area contributed by atoms with Crippen LogP contribution in [0.15, 0.2) is 27.3 Å². The maximum absolute atomic E-state index is 12.1. The average Bonchev–Trinajstić information content (AvgIpc) is 3.26. The highest BCUT2D eigenvalue weighted by Gasteiger charge is 2.33. The van der Waals surface area contributed by atoms with Crippen molar-refractivity contribution in [2.75, 3.05) is 0 Å². The van der Waals surface area contributed by atoms with Gasteiger partial charge in [0.15, 0.2) is 5.76 Å². The number of piperidine rings is 1. The van der Waals surface area contributed by atoms with Gasteiger partial charge in [-0.2, -0.15) is 4.98 Å². The predicted molar refractivity (Wildman–Crippen MR) is 81.4 cm³/mol. The zero-order valence-corrected chi connectivity index (χ0v) is 12.8. The van der Waals surface area contributed by atoms with E-state index in [1.165, 1.54) is 12.8 Å². The van der Waals surface area contributed by atoms with Crippen LogP contribution in [0.5, 0.6) is 0 Å². The topological polar surface area (TPSA) is 93.2 Å². The van der Waals surface area contributed by atoms with Crippen LogP contribution in [-0.4, -0.2) is 34.2 Å². The van der Waals surface area contributed by atoms with Crippen LogP contribution in [0.25, 0.3) is 11.6 Å². The van der Waals surface area contributed by atoms with E-state index < -0.39 is 0 Å². The van der Waals surface area contributed by atoms with Gasteiger partial charge in [-0.15, -0.1) is 0 Å². The molecule has 2 N–H and O–H groups in total. The van der Waals surface area contributed by atoms with Gasteiger partial charge in [0.25, 0.3) is 0 Å². The number of amides is 1. The summed E-state index contributed by atoms with van der Waals surface area (Å²) in [6, 6.07) is 4.98. The molecule has 0 spiro atoms. The maximum atomic E-state index is 12.1. The minimum atomic E-state index is 0.0500. The number of rotatable bonds is 5. The molecule has 2 atom stereocenters. The van der Waals surface area contributed by atoms with Crippen molar-refractivity contribution in [2.24, 2.45) is 0 Å². The normalized spacial score (nSPS) is 26.3. The highest BCUT2D eigenvalue weighted by atomic mass is 16.5. The standard InChI is InChI=1S/C16H20N4O3/c21-14(18-12-8-10-3-4-11(9-12)17-10)5-6-15-19-16(20-23-15)13-2-1-7-22-13/h1-2,7,10-12,17H,3-6,8-9H2,(H,18,21). The Morgan fingerprint density at radius 1 is 1.35 bits per heavy atom. The van der Waals surface area contributed by atoms with Crippen LogP contribution in [0, 0.1) is 0 Å². The summed E-state index contributed by atoms with van der Waals surface area (Å²) in [5, 5.41) is 10.6. The highest BCUT2D eigenvalue weighted by molar-refractivity contribution is 5.76. The van der Waals surface area contributed by atoms with E-state index in [1.807, 2.05) is 0 Å². The minimum Gasteiger partial charge on any atom is -0.461 e. The summed E-state index contributed by atoms with van der Waals surface area (Å²) in [5.74, 6) is 1.49. The van der Waals surface area contributed by atoms with Crippen molar-refractivity contribution in [3.63, 3.8) is 0 Å². The third-order valence-corrected chi connectivity index (χ3v) is 4.61. The van der Waals surface area contributed by atoms with E-state index >= 15 is 0 Å². The van der Waals surface area contributed by atoms with Gasteiger partial charge in [-0.1, -0.05) is 5.16 Å². The fourth-order valence-electron chi connectivity index (χ4n) is 3.56. The zero-order chi connectivity index (χ0) is 15.6. The number of nitrogens with zero attached hydrogens (tertiary/aromatic N) is 2. The molecule has 2 unspecified atom stereocenters. The lowest BCUT2D eigenvalue weighted by Crippen LogP contribution is -2.48. The Morgan fingerprint density at radius 3 is 2.91 bits per heavy atom. The fraction of sp³-hybridized carbons (Fsp3) is 0.562. The van der Waals surface area contributed by atoms with Crippen molar-refractivity contribution in [1.29, 1.82) is 0 Å². The van der Waals surface area contributed by atoms with Crippen molar-refractivity contribution < 1.29 is 13.7 Å². The van der Waals surface area contributed by atoms with Gasteiger partial charge in [-0.3, -0.25) is 4.79 Å². The Kier molecular flexibility index (Phi) is 3.87. The molecule has 122 valence electrons. The summed E-state index contributed by atoms with van der Waals surface area (Å²) in [4.78, 5) is 16.4. The Morgan fingerprint density at radius 2 is 2.17 bits per heavy atom. The Labute approximate surface area is 133 Å². The molecule has 23 heavy (non-hydrogen) atoms. The van der Waals surface area contributed by atoms with Crippen molar-refractivity contribution in [3.05, 3.63) is 24.3 Å². The second kappa shape index (κ2) is 6.16. The van der Waals surface area contributed by atoms with Gasteiger partial charge in [0.05, 0.1) is 6.26 Å². The van der Waals surface area contributed by atoms with Gasteiger partial charge in [-0.25, -0.2) is 0 Å². The van der Waals surface area contributed by atoms with Crippen LogP contribution in [0.1, 0.15) is 38.0 Å². The molecule has 7 heteroatoms. The predicted octanol–water partition coefficient (Wildman–Crippen LogP) is 1.66.